The molecule has 3 N–H and O–H groups in total. The Morgan fingerprint density at radius 1 is 1.43 bits per heavy atom. The summed E-state index contributed by atoms with van der Waals surface area (Å²) in [6.07, 6.45) is 2.14. The molecule has 0 aromatic carbocycles. The molecule has 1 saturated heterocycles. The Morgan fingerprint density at radius 2 is 2.14 bits per heavy atom. The maximum atomic E-state index is 12.4. The molecule has 3 rings (SSSR count). The van der Waals surface area contributed by atoms with E-state index in [1.54, 1.807) is 0 Å². The van der Waals surface area contributed by atoms with Gasteiger partial charge in [0.15, 0.2) is 5.82 Å². The van der Waals surface area contributed by atoms with E-state index in [0.29, 0.717) is 29.4 Å². The highest BCUT2D eigenvalue weighted by Gasteiger charge is 2.35. The van der Waals surface area contributed by atoms with Crippen LogP contribution in [0.5, 0.6) is 0 Å². The molecule has 6 nitrogen and oxygen atoms in total. The van der Waals surface area contributed by atoms with Crippen molar-refractivity contribution in [1.29, 1.82) is 0 Å². The minimum atomic E-state index is -0.0697. The third-order valence-electron chi connectivity index (χ3n) is 4.36. The number of anilines is 2. The lowest BCUT2D eigenvalue weighted by atomic mass is 10.1. The van der Waals surface area contributed by atoms with Crippen LogP contribution in [-0.4, -0.2) is 54.4 Å². The smallest absolute Gasteiger partial charge is 0.258 e. The van der Waals surface area contributed by atoms with Crippen LogP contribution >= 0.6 is 11.5 Å². The van der Waals surface area contributed by atoms with Crippen molar-refractivity contribution >= 4 is 28.3 Å². The van der Waals surface area contributed by atoms with E-state index in [0.717, 1.165) is 30.9 Å². The van der Waals surface area contributed by atoms with Crippen molar-refractivity contribution in [3.63, 3.8) is 0 Å². The van der Waals surface area contributed by atoms with Gasteiger partial charge >= 0.3 is 0 Å². The average Bonchev–Trinajstić information content (AvgIpc) is 2.99. The minimum absolute atomic E-state index is 0.0697. The SMILES string of the molecule is CC1CN(c2snc(N)c2C(=O)NC2CC2)CC1N(C)C. The van der Waals surface area contributed by atoms with Gasteiger partial charge in [-0.25, -0.2) is 0 Å². The number of carbonyl (C=O) groups is 1. The Labute approximate surface area is 129 Å². The second kappa shape index (κ2) is 5.46. The maximum Gasteiger partial charge on any atom is 0.258 e. The molecule has 0 bridgehead atoms. The first-order valence-corrected chi connectivity index (χ1v) is 8.22. The highest BCUT2D eigenvalue weighted by molar-refractivity contribution is 7.11. The van der Waals surface area contributed by atoms with Crippen molar-refractivity contribution in [2.45, 2.75) is 31.8 Å². The van der Waals surface area contributed by atoms with Crippen LogP contribution in [0.25, 0.3) is 0 Å². The molecule has 1 saturated carbocycles. The van der Waals surface area contributed by atoms with E-state index in [1.165, 1.54) is 11.5 Å². The fourth-order valence-corrected chi connectivity index (χ4v) is 3.82. The van der Waals surface area contributed by atoms with Gasteiger partial charge in [0.05, 0.1) is 0 Å². The van der Waals surface area contributed by atoms with E-state index in [-0.39, 0.29) is 5.91 Å². The van der Waals surface area contributed by atoms with E-state index in [2.05, 4.69) is 40.5 Å². The summed E-state index contributed by atoms with van der Waals surface area (Å²) in [5.74, 6) is 0.844. The number of nitrogens with zero attached hydrogens (tertiary/aromatic N) is 3. The van der Waals surface area contributed by atoms with E-state index in [9.17, 15) is 4.79 Å². The summed E-state index contributed by atoms with van der Waals surface area (Å²) in [5, 5.41) is 3.94. The van der Waals surface area contributed by atoms with Crippen molar-refractivity contribution in [2.75, 3.05) is 37.8 Å². The number of likely N-dealkylation sites (N-methyl/N-ethyl adjacent to an activating group) is 1. The molecule has 2 heterocycles. The zero-order valence-electron chi connectivity index (χ0n) is 12.8. The Bertz CT molecular complexity index is 539. The van der Waals surface area contributed by atoms with E-state index in [4.69, 9.17) is 5.73 Å². The minimum Gasteiger partial charge on any atom is -0.382 e. The fraction of sp³-hybridized carbons (Fsp3) is 0.714. The summed E-state index contributed by atoms with van der Waals surface area (Å²) in [4.78, 5) is 16.9. The quantitative estimate of drug-likeness (QED) is 0.868. The van der Waals surface area contributed by atoms with Gasteiger partial charge in [0.1, 0.15) is 10.6 Å². The Hall–Kier alpha value is -1.34. The molecule has 0 spiro atoms. The predicted octanol–water partition coefficient (Wildman–Crippen LogP) is 1.00. The number of hydrogen-bond acceptors (Lipinski definition) is 6. The molecule has 2 unspecified atom stereocenters. The molecule has 1 amide bonds. The van der Waals surface area contributed by atoms with Crippen LogP contribution in [0.1, 0.15) is 30.1 Å². The Morgan fingerprint density at radius 3 is 2.71 bits per heavy atom. The van der Waals surface area contributed by atoms with Crippen LogP contribution in [0, 0.1) is 5.92 Å². The number of carbonyl (C=O) groups excluding carboxylic acids is 1. The van der Waals surface area contributed by atoms with Crippen LogP contribution in [0.4, 0.5) is 10.8 Å². The van der Waals surface area contributed by atoms with E-state index >= 15 is 0 Å². The standard InChI is InChI=1S/C14H23N5OS/c1-8-6-19(7-10(8)18(2)3)14-11(12(15)17-21-14)13(20)16-9-4-5-9/h8-10H,4-7H2,1-3H3,(H2,15,17)(H,16,20). The first-order chi connectivity index (χ1) is 9.97. The summed E-state index contributed by atoms with van der Waals surface area (Å²) in [6, 6.07) is 0.823. The predicted molar refractivity (Wildman–Crippen MR) is 85.9 cm³/mol. The third-order valence-corrected chi connectivity index (χ3v) is 5.29. The number of hydrogen-bond donors (Lipinski definition) is 2. The van der Waals surface area contributed by atoms with Crippen molar-refractivity contribution < 1.29 is 4.79 Å². The van der Waals surface area contributed by atoms with Crippen LogP contribution in [0.2, 0.25) is 0 Å². The van der Waals surface area contributed by atoms with E-state index < -0.39 is 0 Å². The highest BCUT2D eigenvalue weighted by Crippen LogP contribution is 2.35. The number of aromatic nitrogens is 1. The zero-order chi connectivity index (χ0) is 15.1. The number of nitrogens with two attached hydrogens (primary N) is 1. The van der Waals surface area contributed by atoms with Crippen molar-refractivity contribution in [2.24, 2.45) is 5.92 Å². The van der Waals surface area contributed by atoms with Gasteiger partial charge in [0.25, 0.3) is 5.91 Å². The lowest BCUT2D eigenvalue weighted by Gasteiger charge is -2.22. The summed E-state index contributed by atoms with van der Waals surface area (Å²) >= 11 is 1.34. The van der Waals surface area contributed by atoms with E-state index in [1.807, 2.05) is 0 Å². The number of nitrogen functional groups attached to an aromatic ring is 1. The molecule has 1 aromatic rings. The number of nitrogens with one attached hydrogen (secondary N) is 1. The molecule has 116 valence electrons. The van der Waals surface area contributed by atoms with Gasteiger partial charge < -0.3 is 20.9 Å². The molecule has 2 atom stereocenters. The molecule has 1 aromatic heterocycles. The van der Waals surface area contributed by atoms with Crippen molar-refractivity contribution in [3.05, 3.63) is 5.56 Å². The second-order valence-electron chi connectivity index (χ2n) is 6.41. The second-order valence-corrected chi connectivity index (χ2v) is 7.16. The summed E-state index contributed by atoms with van der Waals surface area (Å²) in [7, 11) is 4.21. The van der Waals surface area contributed by atoms with Gasteiger partial charge in [-0.2, -0.15) is 4.37 Å². The maximum absolute atomic E-state index is 12.4. The fourth-order valence-electron chi connectivity index (χ4n) is 3.00. The van der Waals surface area contributed by atoms with Gasteiger partial charge in [-0.3, -0.25) is 4.79 Å². The molecular weight excluding hydrogens is 286 g/mol. The molecule has 21 heavy (non-hydrogen) atoms. The van der Waals surface area contributed by atoms with Gasteiger partial charge in [-0.05, 0) is 44.4 Å². The van der Waals surface area contributed by atoms with Crippen LogP contribution < -0.4 is 16.0 Å². The summed E-state index contributed by atoms with van der Waals surface area (Å²) in [5.41, 5.74) is 6.50. The molecule has 1 aliphatic heterocycles. The largest absolute Gasteiger partial charge is 0.382 e. The molecule has 0 radical (unpaired) electrons. The average molecular weight is 309 g/mol. The van der Waals surface area contributed by atoms with Gasteiger partial charge in [-0.15, -0.1) is 0 Å². The third kappa shape index (κ3) is 2.85. The topological polar surface area (TPSA) is 74.5 Å². The number of rotatable bonds is 4. The summed E-state index contributed by atoms with van der Waals surface area (Å²) in [6.45, 7) is 4.10. The zero-order valence-corrected chi connectivity index (χ0v) is 13.6. The van der Waals surface area contributed by atoms with Gasteiger partial charge in [0.2, 0.25) is 0 Å². The number of amides is 1. The molecule has 2 fully saturated rings. The Balaban J connectivity index is 1.81. The van der Waals surface area contributed by atoms with Gasteiger partial charge in [-0.1, -0.05) is 6.92 Å². The molecule has 1 aliphatic carbocycles. The lowest BCUT2D eigenvalue weighted by molar-refractivity contribution is 0.0952. The van der Waals surface area contributed by atoms with Crippen molar-refractivity contribution in [3.8, 4) is 0 Å². The lowest BCUT2D eigenvalue weighted by Crippen LogP contribution is -2.34. The summed E-state index contributed by atoms with van der Waals surface area (Å²) < 4.78 is 4.21. The normalized spacial score (nSPS) is 25.6. The van der Waals surface area contributed by atoms with Crippen LogP contribution in [0.15, 0.2) is 0 Å². The van der Waals surface area contributed by atoms with Crippen LogP contribution in [0.3, 0.4) is 0 Å². The molecule has 2 aliphatic rings. The van der Waals surface area contributed by atoms with Gasteiger partial charge in [0, 0.05) is 25.2 Å². The Kier molecular flexibility index (Phi) is 3.79. The first kappa shape index (κ1) is 14.6. The van der Waals surface area contributed by atoms with Crippen LogP contribution in [-0.2, 0) is 0 Å². The molecule has 7 heteroatoms. The monoisotopic (exact) mass is 309 g/mol. The first-order valence-electron chi connectivity index (χ1n) is 7.44. The highest BCUT2D eigenvalue weighted by atomic mass is 32.1. The molecular formula is C14H23N5OS. The van der Waals surface area contributed by atoms with Crippen molar-refractivity contribution in [1.82, 2.24) is 14.6 Å².